The second-order valence-electron chi connectivity index (χ2n) is 21.1. The lowest BCUT2D eigenvalue weighted by atomic mass is 10.0. The number of hydrogen-bond acceptors (Lipinski definition) is 3. The summed E-state index contributed by atoms with van der Waals surface area (Å²) in [6, 6.07) is -0.642. The molecule has 0 aliphatic heterocycles. The highest BCUT2D eigenvalue weighted by Crippen LogP contribution is 2.17. The molecule has 0 spiro atoms. The van der Waals surface area contributed by atoms with Crippen LogP contribution in [0.5, 0.6) is 0 Å². The van der Waals surface area contributed by atoms with Gasteiger partial charge in [-0.05, 0) is 70.6 Å². The van der Waals surface area contributed by atoms with Crippen molar-refractivity contribution in [2.75, 3.05) is 6.61 Å². The van der Waals surface area contributed by atoms with E-state index in [-0.39, 0.29) is 12.5 Å². The number of amides is 1. The van der Waals surface area contributed by atoms with Gasteiger partial charge in [-0.3, -0.25) is 4.79 Å². The number of rotatable bonds is 57. The third-order valence-electron chi connectivity index (χ3n) is 14.2. The number of carbonyl (C=O) groups is 1. The number of hydrogen-bond donors (Lipinski definition) is 3. The van der Waals surface area contributed by atoms with Crippen LogP contribution in [0, 0.1) is 0 Å². The monoisotopic (exact) mass is 964 g/mol. The van der Waals surface area contributed by atoms with Crippen molar-refractivity contribution < 1.29 is 15.0 Å². The molecule has 0 heterocycles. The first-order valence-corrected chi connectivity index (χ1v) is 31.0. The van der Waals surface area contributed by atoms with Gasteiger partial charge in [-0.1, -0.05) is 312 Å². The summed E-state index contributed by atoms with van der Waals surface area (Å²) in [5, 5.41) is 23.2. The summed E-state index contributed by atoms with van der Waals surface area (Å²) in [7, 11) is 0. The van der Waals surface area contributed by atoms with Crippen molar-refractivity contribution in [2.24, 2.45) is 0 Å². The first-order chi connectivity index (χ1) is 34.2. The van der Waals surface area contributed by atoms with Gasteiger partial charge in [0.25, 0.3) is 0 Å². The van der Waals surface area contributed by atoms with Crippen LogP contribution >= 0.6 is 0 Å². The van der Waals surface area contributed by atoms with E-state index in [0.29, 0.717) is 6.42 Å². The summed E-state index contributed by atoms with van der Waals surface area (Å²) in [5.41, 5.74) is 0. The molecule has 0 saturated carbocycles. The Labute approximate surface area is 432 Å². The molecule has 4 nitrogen and oxygen atoms in total. The minimum atomic E-state index is -0.865. The van der Waals surface area contributed by atoms with Gasteiger partial charge < -0.3 is 15.5 Å². The van der Waals surface area contributed by atoms with E-state index in [2.05, 4.69) is 67.8 Å². The van der Waals surface area contributed by atoms with E-state index in [4.69, 9.17) is 0 Å². The molecule has 0 aliphatic carbocycles. The maximum absolute atomic E-state index is 12.5. The van der Waals surface area contributed by atoms with E-state index in [1.807, 2.05) is 6.08 Å². The van der Waals surface area contributed by atoms with Gasteiger partial charge in [-0.15, -0.1) is 0 Å². The zero-order chi connectivity index (χ0) is 49.9. The third-order valence-corrected chi connectivity index (χ3v) is 14.2. The normalized spacial score (nSPS) is 13.2. The van der Waals surface area contributed by atoms with Crippen molar-refractivity contribution in [1.82, 2.24) is 5.32 Å². The zero-order valence-electron chi connectivity index (χ0n) is 46.6. The van der Waals surface area contributed by atoms with Crippen molar-refractivity contribution in [3.05, 3.63) is 60.8 Å². The Morgan fingerprint density at radius 2 is 0.609 bits per heavy atom. The van der Waals surface area contributed by atoms with Crippen LogP contribution in [0.3, 0.4) is 0 Å². The molecule has 4 heteroatoms. The van der Waals surface area contributed by atoms with Gasteiger partial charge in [0.15, 0.2) is 0 Å². The highest BCUT2D eigenvalue weighted by Gasteiger charge is 2.18. The molecule has 0 aromatic heterocycles. The van der Waals surface area contributed by atoms with Crippen molar-refractivity contribution >= 4 is 5.91 Å². The van der Waals surface area contributed by atoms with Crippen LogP contribution in [0.1, 0.15) is 328 Å². The molecule has 0 aromatic carbocycles. The van der Waals surface area contributed by atoms with Crippen molar-refractivity contribution in [3.63, 3.8) is 0 Å². The topological polar surface area (TPSA) is 69.6 Å². The summed E-state index contributed by atoms with van der Waals surface area (Å²) >= 11 is 0. The first-order valence-electron chi connectivity index (χ1n) is 31.0. The Hall–Kier alpha value is -1.91. The molecule has 3 N–H and O–H groups in total. The first kappa shape index (κ1) is 67.1. The molecule has 0 saturated heterocycles. The fourth-order valence-electron chi connectivity index (χ4n) is 9.50. The SMILES string of the molecule is CCCCCCC/C=C\C/C=C\C/C=C\CCCCCCCCCCCCCCCCCCC(=O)NC(CO)C(O)/C=C/CC/C=C/CCCCCCCCCCCCCCCCCCCCCC. The molecule has 0 rings (SSSR count). The van der Waals surface area contributed by atoms with Crippen LogP contribution in [-0.2, 0) is 4.79 Å². The number of allylic oxidation sites excluding steroid dienone is 9. The Kier molecular flexibility index (Phi) is 58.7. The van der Waals surface area contributed by atoms with Gasteiger partial charge in [-0.25, -0.2) is 0 Å². The van der Waals surface area contributed by atoms with Crippen LogP contribution in [0.25, 0.3) is 0 Å². The van der Waals surface area contributed by atoms with Gasteiger partial charge in [0, 0.05) is 6.42 Å². The molecule has 0 radical (unpaired) electrons. The minimum absolute atomic E-state index is 0.0706. The van der Waals surface area contributed by atoms with Gasteiger partial charge in [-0.2, -0.15) is 0 Å². The molecule has 2 unspecified atom stereocenters. The zero-order valence-corrected chi connectivity index (χ0v) is 46.6. The van der Waals surface area contributed by atoms with E-state index in [1.54, 1.807) is 6.08 Å². The Balaban J connectivity index is 3.50. The highest BCUT2D eigenvalue weighted by atomic mass is 16.3. The lowest BCUT2D eigenvalue weighted by Crippen LogP contribution is -2.45. The fraction of sp³-hybridized carbons (Fsp3) is 0.831. The number of unbranched alkanes of at least 4 members (excludes halogenated alkanes) is 42. The van der Waals surface area contributed by atoms with Crippen molar-refractivity contribution in [1.29, 1.82) is 0 Å². The maximum Gasteiger partial charge on any atom is 0.220 e. The molecule has 0 aromatic rings. The molecule has 0 aliphatic rings. The summed E-state index contributed by atoms with van der Waals surface area (Å²) < 4.78 is 0. The second kappa shape index (κ2) is 60.4. The molecular weight excluding hydrogens is 843 g/mol. The molecular formula is C65H121NO3. The number of nitrogens with one attached hydrogen (secondary N) is 1. The van der Waals surface area contributed by atoms with Gasteiger partial charge >= 0.3 is 0 Å². The van der Waals surface area contributed by atoms with Crippen LogP contribution in [-0.4, -0.2) is 34.9 Å². The van der Waals surface area contributed by atoms with E-state index in [0.717, 1.165) is 44.9 Å². The molecule has 1 amide bonds. The van der Waals surface area contributed by atoms with Crippen LogP contribution in [0.2, 0.25) is 0 Å². The minimum Gasteiger partial charge on any atom is -0.394 e. The number of aliphatic hydroxyl groups is 2. The standard InChI is InChI=1S/C65H121NO3/c1-3-5-7-9-11-13-15-17-19-21-23-25-27-29-31-32-33-34-35-37-39-41-43-45-47-49-51-53-55-57-59-61-65(69)66-63(62-67)64(68)60-58-56-54-52-50-48-46-44-42-40-38-36-30-28-26-24-22-20-18-16-14-12-10-8-6-4-2/h15,17,21,23,27,29,50,52,58,60,63-64,67-68H,3-14,16,18-20,22,24-26,28,30-49,51,53-57,59,61-62H2,1-2H3,(H,66,69)/b17-15-,23-21-,29-27-,52-50+,60-58+. The maximum atomic E-state index is 12.5. The quantitative estimate of drug-likeness (QED) is 0.0420. The summed E-state index contributed by atoms with van der Waals surface area (Å²) in [4.78, 5) is 12.5. The molecule has 404 valence electrons. The Morgan fingerprint density at radius 3 is 0.942 bits per heavy atom. The van der Waals surface area contributed by atoms with Crippen LogP contribution < -0.4 is 5.32 Å². The Bertz CT molecular complexity index is 1140. The van der Waals surface area contributed by atoms with Gasteiger partial charge in [0.2, 0.25) is 5.91 Å². The van der Waals surface area contributed by atoms with Gasteiger partial charge in [0.05, 0.1) is 18.8 Å². The highest BCUT2D eigenvalue weighted by molar-refractivity contribution is 5.76. The molecule has 0 bridgehead atoms. The summed E-state index contributed by atoms with van der Waals surface area (Å²) in [6.07, 6.45) is 85.5. The smallest absolute Gasteiger partial charge is 0.220 e. The van der Waals surface area contributed by atoms with E-state index in [9.17, 15) is 15.0 Å². The van der Waals surface area contributed by atoms with Gasteiger partial charge in [0.1, 0.15) is 0 Å². The lowest BCUT2D eigenvalue weighted by molar-refractivity contribution is -0.123. The third kappa shape index (κ3) is 56.9. The van der Waals surface area contributed by atoms with E-state index < -0.39 is 12.1 Å². The van der Waals surface area contributed by atoms with Crippen molar-refractivity contribution in [3.8, 4) is 0 Å². The predicted octanol–water partition coefficient (Wildman–Crippen LogP) is 20.8. The Morgan fingerprint density at radius 1 is 0.348 bits per heavy atom. The predicted molar refractivity (Wildman–Crippen MR) is 308 cm³/mol. The summed E-state index contributed by atoms with van der Waals surface area (Å²) in [6.45, 7) is 4.32. The molecule has 69 heavy (non-hydrogen) atoms. The van der Waals surface area contributed by atoms with Crippen molar-refractivity contribution in [2.45, 2.75) is 341 Å². The number of aliphatic hydroxyl groups excluding tert-OH is 2. The summed E-state index contributed by atoms with van der Waals surface area (Å²) in [5.74, 6) is -0.0706. The van der Waals surface area contributed by atoms with Crippen LogP contribution in [0.15, 0.2) is 60.8 Å². The van der Waals surface area contributed by atoms with E-state index >= 15 is 0 Å². The second-order valence-corrected chi connectivity index (χ2v) is 21.1. The fourth-order valence-corrected chi connectivity index (χ4v) is 9.50. The average molecular weight is 965 g/mol. The molecule has 2 atom stereocenters. The number of carbonyl (C=O) groups excluding carboxylic acids is 1. The lowest BCUT2D eigenvalue weighted by Gasteiger charge is -2.19. The van der Waals surface area contributed by atoms with E-state index in [1.165, 1.54) is 263 Å². The average Bonchev–Trinajstić information content (AvgIpc) is 3.35. The van der Waals surface area contributed by atoms with Crippen LogP contribution in [0.4, 0.5) is 0 Å². The largest absolute Gasteiger partial charge is 0.394 e. The molecule has 0 fully saturated rings.